The fourth-order valence-electron chi connectivity index (χ4n) is 1.83. The van der Waals surface area contributed by atoms with Crippen molar-refractivity contribution in [2.24, 2.45) is 0 Å². The predicted octanol–water partition coefficient (Wildman–Crippen LogP) is 3.24. The van der Waals surface area contributed by atoms with Crippen LogP contribution in [0.3, 0.4) is 0 Å². The molecule has 4 heteroatoms. The molecule has 0 aliphatic rings. The molecule has 0 bridgehead atoms. The minimum atomic E-state index is 0.201. The highest BCUT2D eigenvalue weighted by Gasteiger charge is 2.15. The Morgan fingerprint density at radius 3 is 3.00 bits per heavy atom. The lowest BCUT2D eigenvalue weighted by molar-refractivity contribution is 0.411. The SMILES string of the molecule is CCCNC(c1cncc(OC)c1)c1cccs1. The summed E-state index contributed by atoms with van der Waals surface area (Å²) in [5, 5.41) is 5.66. The summed E-state index contributed by atoms with van der Waals surface area (Å²) in [6, 6.07) is 6.47. The normalized spacial score (nSPS) is 12.3. The standard InChI is InChI=1S/C14H18N2OS/c1-3-6-16-14(13-5-4-7-18-13)11-8-12(17-2)10-15-9-11/h4-5,7-10,14,16H,3,6H2,1-2H3. The van der Waals surface area contributed by atoms with Gasteiger partial charge in [0.2, 0.25) is 0 Å². The number of aromatic nitrogens is 1. The van der Waals surface area contributed by atoms with Crippen molar-refractivity contribution in [1.29, 1.82) is 0 Å². The van der Waals surface area contributed by atoms with Gasteiger partial charge in [-0.3, -0.25) is 4.98 Å². The number of rotatable bonds is 6. The van der Waals surface area contributed by atoms with Gasteiger partial charge < -0.3 is 10.1 Å². The summed E-state index contributed by atoms with van der Waals surface area (Å²) in [4.78, 5) is 5.54. The molecule has 0 spiro atoms. The minimum Gasteiger partial charge on any atom is -0.495 e. The van der Waals surface area contributed by atoms with Gasteiger partial charge in [0.15, 0.2) is 0 Å². The Balaban J connectivity index is 2.27. The lowest BCUT2D eigenvalue weighted by atomic mass is 10.1. The molecule has 0 radical (unpaired) electrons. The molecule has 2 rings (SSSR count). The number of hydrogen-bond acceptors (Lipinski definition) is 4. The van der Waals surface area contributed by atoms with E-state index in [1.165, 1.54) is 4.88 Å². The molecule has 0 fully saturated rings. The number of hydrogen-bond donors (Lipinski definition) is 1. The van der Waals surface area contributed by atoms with Gasteiger partial charge >= 0.3 is 0 Å². The van der Waals surface area contributed by atoms with Crippen molar-refractivity contribution < 1.29 is 4.74 Å². The summed E-state index contributed by atoms with van der Waals surface area (Å²) in [5.41, 5.74) is 1.14. The molecule has 96 valence electrons. The average molecular weight is 262 g/mol. The largest absolute Gasteiger partial charge is 0.495 e. The molecule has 3 nitrogen and oxygen atoms in total. The van der Waals surface area contributed by atoms with Crippen LogP contribution in [0.5, 0.6) is 5.75 Å². The number of nitrogens with one attached hydrogen (secondary N) is 1. The van der Waals surface area contributed by atoms with E-state index in [-0.39, 0.29) is 6.04 Å². The van der Waals surface area contributed by atoms with Crippen LogP contribution in [0.15, 0.2) is 36.0 Å². The molecule has 0 aromatic carbocycles. The van der Waals surface area contributed by atoms with E-state index < -0.39 is 0 Å². The summed E-state index contributed by atoms with van der Waals surface area (Å²) in [7, 11) is 1.67. The highest BCUT2D eigenvalue weighted by molar-refractivity contribution is 7.10. The smallest absolute Gasteiger partial charge is 0.137 e. The van der Waals surface area contributed by atoms with Gasteiger partial charge in [-0.05, 0) is 36.0 Å². The van der Waals surface area contributed by atoms with Crippen molar-refractivity contribution >= 4 is 11.3 Å². The van der Waals surface area contributed by atoms with Crippen molar-refractivity contribution in [3.8, 4) is 5.75 Å². The van der Waals surface area contributed by atoms with Gasteiger partial charge in [-0.25, -0.2) is 0 Å². The van der Waals surface area contributed by atoms with Crippen LogP contribution in [-0.4, -0.2) is 18.6 Å². The van der Waals surface area contributed by atoms with E-state index in [4.69, 9.17) is 4.74 Å². The van der Waals surface area contributed by atoms with Crippen molar-refractivity contribution in [3.63, 3.8) is 0 Å². The van der Waals surface area contributed by atoms with Crippen molar-refractivity contribution in [2.45, 2.75) is 19.4 Å². The number of nitrogens with zero attached hydrogens (tertiary/aromatic N) is 1. The molecule has 2 aromatic heterocycles. The van der Waals surface area contributed by atoms with E-state index >= 15 is 0 Å². The molecule has 1 N–H and O–H groups in total. The maximum absolute atomic E-state index is 5.24. The topological polar surface area (TPSA) is 34.2 Å². The Hall–Kier alpha value is -1.39. The average Bonchev–Trinajstić information content (AvgIpc) is 2.93. The van der Waals surface area contributed by atoms with Gasteiger partial charge in [-0.2, -0.15) is 0 Å². The van der Waals surface area contributed by atoms with Crippen LogP contribution in [0, 0.1) is 0 Å². The summed E-state index contributed by atoms with van der Waals surface area (Å²) >= 11 is 1.76. The Kier molecular flexibility index (Phi) is 4.73. The monoisotopic (exact) mass is 262 g/mol. The molecule has 0 aliphatic carbocycles. The Bertz CT molecular complexity index is 470. The lowest BCUT2D eigenvalue weighted by Crippen LogP contribution is -2.22. The van der Waals surface area contributed by atoms with Gasteiger partial charge in [0.1, 0.15) is 5.75 Å². The fraction of sp³-hybridized carbons (Fsp3) is 0.357. The predicted molar refractivity (Wildman–Crippen MR) is 75.2 cm³/mol. The van der Waals surface area contributed by atoms with Gasteiger partial charge in [-0.1, -0.05) is 13.0 Å². The number of thiophene rings is 1. The highest BCUT2D eigenvalue weighted by atomic mass is 32.1. The molecule has 0 amide bonds. The minimum absolute atomic E-state index is 0.201. The number of pyridine rings is 1. The Labute approximate surface area is 112 Å². The van der Waals surface area contributed by atoms with Crippen molar-refractivity contribution in [2.75, 3.05) is 13.7 Å². The zero-order valence-electron chi connectivity index (χ0n) is 10.7. The first-order chi connectivity index (χ1) is 8.85. The van der Waals surface area contributed by atoms with Gasteiger partial charge in [0, 0.05) is 11.1 Å². The lowest BCUT2D eigenvalue weighted by Gasteiger charge is -2.17. The van der Waals surface area contributed by atoms with E-state index in [1.807, 2.05) is 12.3 Å². The van der Waals surface area contributed by atoms with E-state index in [0.717, 1.165) is 24.3 Å². The Morgan fingerprint density at radius 1 is 1.44 bits per heavy atom. The van der Waals surface area contributed by atoms with Crippen molar-refractivity contribution in [1.82, 2.24) is 10.3 Å². The van der Waals surface area contributed by atoms with E-state index in [0.29, 0.717) is 0 Å². The molecule has 0 saturated heterocycles. The number of methoxy groups -OCH3 is 1. The molecular weight excluding hydrogens is 244 g/mol. The van der Waals surface area contributed by atoms with E-state index in [2.05, 4.69) is 34.7 Å². The van der Waals surface area contributed by atoms with Gasteiger partial charge in [-0.15, -0.1) is 11.3 Å². The van der Waals surface area contributed by atoms with Crippen molar-refractivity contribution in [3.05, 3.63) is 46.4 Å². The highest BCUT2D eigenvalue weighted by Crippen LogP contribution is 2.27. The van der Waals surface area contributed by atoms with E-state index in [9.17, 15) is 0 Å². The molecule has 1 unspecified atom stereocenters. The third-order valence-corrected chi connectivity index (χ3v) is 3.67. The zero-order valence-corrected chi connectivity index (χ0v) is 11.5. The Morgan fingerprint density at radius 2 is 2.33 bits per heavy atom. The van der Waals surface area contributed by atoms with Crippen LogP contribution in [0.25, 0.3) is 0 Å². The van der Waals surface area contributed by atoms with Crippen LogP contribution >= 0.6 is 11.3 Å². The van der Waals surface area contributed by atoms with Gasteiger partial charge in [0.25, 0.3) is 0 Å². The van der Waals surface area contributed by atoms with Crippen LogP contribution in [0.4, 0.5) is 0 Å². The first-order valence-corrected chi connectivity index (χ1v) is 6.98. The van der Waals surface area contributed by atoms with Crippen LogP contribution in [-0.2, 0) is 0 Å². The molecule has 0 saturated carbocycles. The van der Waals surface area contributed by atoms with Crippen LogP contribution < -0.4 is 10.1 Å². The summed E-state index contributed by atoms with van der Waals surface area (Å²) in [6.07, 6.45) is 4.74. The maximum Gasteiger partial charge on any atom is 0.137 e. The number of ether oxygens (including phenoxy) is 1. The fourth-order valence-corrected chi connectivity index (χ4v) is 2.66. The molecular formula is C14H18N2OS. The first-order valence-electron chi connectivity index (χ1n) is 6.11. The second kappa shape index (κ2) is 6.52. The van der Waals surface area contributed by atoms with E-state index in [1.54, 1.807) is 24.6 Å². The second-order valence-corrected chi connectivity index (χ2v) is 5.04. The molecule has 2 heterocycles. The molecule has 18 heavy (non-hydrogen) atoms. The second-order valence-electron chi connectivity index (χ2n) is 4.06. The summed E-state index contributed by atoms with van der Waals surface area (Å²) in [5.74, 6) is 0.798. The van der Waals surface area contributed by atoms with Crippen LogP contribution in [0.1, 0.15) is 29.8 Å². The van der Waals surface area contributed by atoms with Crippen LogP contribution in [0.2, 0.25) is 0 Å². The third kappa shape index (κ3) is 3.09. The molecule has 1 atom stereocenters. The molecule has 2 aromatic rings. The third-order valence-electron chi connectivity index (χ3n) is 2.73. The summed E-state index contributed by atoms with van der Waals surface area (Å²) < 4.78 is 5.24. The quantitative estimate of drug-likeness (QED) is 0.867. The molecule has 0 aliphatic heterocycles. The zero-order chi connectivity index (χ0) is 12.8. The maximum atomic E-state index is 5.24. The van der Waals surface area contributed by atoms with Gasteiger partial charge in [0.05, 0.1) is 19.3 Å². The summed E-state index contributed by atoms with van der Waals surface area (Å²) in [6.45, 7) is 3.15. The first kappa shape index (κ1) is 13.1.